The van der Waals surface area contributed by atoms with E-state index in [1.165, 1.54) is 76.8 Å². The van der Waals surface area contributed by atoms with Crippen LogP contribution >= 0.6 is 0 Å². The molecule has 0 bridgehead atoms. The van der Waals surface area contributed by atoms with E-state index in [1.807, 2.05) is 0 Å². The fourth-order valence-corrected chi connectivity index (χ4v) is 8.10. The second-order valence-corrected chi connectivity index (χ2v) is 14.1. The lowest BCUT2D eigenvalue weighted by atomic mass is 9.91. The topological polar surface area (TPSA) is 3.24 Å². The van der Waals surface area contributed by atoms with Gasteiger partial charge in [-0.25, -0.2) is 0 Å². The van der Waals surface area contributed by atoms with Gasteiger partial charge in [-0.1, -0.05) is 176 Å². The monoisotopic (exact) mass is 699 g/mol. The zero-order valence-corrected chi connectivity index (χ0v) is 30.3. The van der Waals surface area contributed by atoms with Crippen LogP contribution in [0.15, 0.2) is 224 Å². The lowest BCUT2D eigenvalue weighted by Crippen LogP contribution is -2.09. The molecule has 0 spiro atoms. The Morgan fingerprint density at radius 2 is 0.709 bits per heavy atom. The molecule has 10 rings (SSSR count). The highest BCUT2D eigenvalue weighted by molar-refractivity contribution is 6.13. The van der Waals surface area contributed by atoms with Gasteiger partial charge in [0.05, 0.1) is 0 Å². The molecule has 0 aromatic heterocycles. The van der Waals surface area contributed by atoms with Gasteiger partial charge in [-0.3, -0.25) is 0 Å². The van der Waals surface area contributed by atoms with Crippen molar-refractivity contribution >= 4 is 49.4 Å². The van der Waals surface area contributed by atoms with E-state index in [9.17, 15) is 0 Å². The van der Waals surface area contributed by atoms with Crippen molar-refractivity contribution in [2.24, 2.45) is 0 Å². The highest BCUT2D eigenvalue weighted by Gasteiger charge is 2.16. The Bertz CT molecular complexity index is 2950. The smallest absolute Gasteiger partial charge is 0.0468 e. The maximum absolute atomic E-state index is 2.37. The Kier molecular flexibility index (Phi) is 8.24. The van der Waals surface area contributed by atoms with Gasteiger partial charge in [0.1, 0.15) is 0 Å². The SMILES string of the molecule is c1ccc(-c2ccc(-c3ccc(N(c4ccc(-c5cc6ccccc6c6ccccc56)cc4)c4ccc5ccccc5c4)cc3)cc2-c2ccccc2)cc1. The van der Waals surface area contributed by atoms with E-state index in [-0.39, 0.29) is 0 Å². The van der Waals surface area contributed by atoms with Crippen molar-refractivity contribution in [3.05, 3.63) is 224 Å². The second kappa shape index (κ2) is 14.0. The fourth-order valence-electron chi connectivity index (χ4n) is 8.10. The summed E-state index contributed by atoms with van der Waals surface area (Å²) in [6.45, 7) is 0. The summed E-state index contributed by atoms with van der Waals surface area (Å²) >= 11 is 0. The molecule has 10 aromatic rings. The molecule has 258 valence electrons. The number of hydrogen-bond acceptors (Lipinski definition) is 1. The van der Waals surface area contributed by atoms with E-state index in [0.29, 0.717) is 0 Å². The molecule has 0 aliphatic rings. The molecule has 1 nitrogen and oxygen atoms in total. The van der Waals surface area contributed by atoms with Crippen molar-refractivity contribution in [2.45, 2.75) is 0 Å². The Hall–Kier alpha value is -7.22. The second-order valence-electron chi connectivity index (χ2n) is 14.1. The van der Waals surface area contributed by atoms with Gasteiger partial charge in [-0.15, -0.1) is 0 Å². The highest BCUT2D eigenvalue weighted by atomic mass is 15.1. The molecule has 0 fully saturated rings. The number of anilines is 3. The normalized spacial score (nSPS) is 11.3. The van der Waals surface area contributed by atoms with Gasteiger partial charge < -0.3 is 4.90 Å². The minimum absolute atomic E-state index is 1.10. The van der Waals surface area contributed by atoms with Crippen LogP contribution in [0.4, 0.5) is 17.1 Å². The Morgan fingerprint density at radius 1 is 0.218 bits per heavy atom. The lowest BCUT2D eigenvalue weighted by molar-refractivity contribution is 1.29. The number of nitrogens with zero attached hydrogens (tertiary/aromatic N) is 1. The van der Waals surface area contributed by atoms with E-state index in [0.717, 1.165) is 17.1 Å². The summed E-state index contributed by atoms with van der Waals surface area (Å²) in [4.78, 5) is 2.37. The van der Waals surface area contributed by atoms with Crippen LogP contribution < -0.4 is 4.90 Å². The van der Waals surface area contributed by atoms with Gasteiger partial charge in [-0.2, -0.15) is 0 Å². The molecule has 0 N–H and O–H groups in total. The molecule has 0 atom stereocenters. The molecule has 10 aromatic carbocycles. The highest BCUT2D eigenvalue weighted by Crippen LogP contribution is 2.41. The fraction of sp³-hybridized carbons (Fsp3) is 0. The summed E-state index contributed by atoms with van der Waals surface area (Å²) in [7, 11) is 0. The van der Waals surface area contributed by atoms with Gasteiger partial charge in [0.2, 0.25) is 0 Å². The van der Waals surface area contributed by atoms with Crippen LogP contribution in [-0.4, -0.2) is 0 Å². The summed E-state index contributed by atoms with van der Waals surface area (Å²) < 4.78 is 0. The van der Waals surface area contributed by atoms with Crippen LogP contribution in [-0.2, 0) is 0 Å². The molecule has 0 radical (unpaired) electrons. The molecular weight excluding hydrogens is 663 g/mol. The summed E-state index contributed by atoms with van der Waals surface area (Å²) in [5.74, 6) is 0. The Morgan fingerprint density at radius 3 is 1.40 bits per heavy atom. The van der Waals surface area contributed by atoms with E-state index in [1.54, 1.807) is 0 Å². The van der Waals surface area contributed by atoms with Gasteiger partial charge in [0.15, 0.2) is 0 Å². The molecule has 1 heteroatoms. The van der Waals surface area contributed by atoms with Crippen molar-refractivity contribution in [1.29, 1.82) is 0 Å². The average Bonchev–Trinajstić information content (AvgIpc) is 3.27. The van der Waals surface area contributed by atoms with Crippen molar-refractivity contribution in [3.8, 4) is 44.5 Å². The molecule has 0 saturated heterocycles. The first-order valence-electron chi connectivity index (χ1n) is 18.9. The third-order valence-corrected chi connectivity index (χ3v) is 10.8. The minimum Gasteiger partial charge on any atom is -0.310 e. The maximum Gasteiger partial charge on any atom is 0.0468 e. The van der Waals surface area contributed by atoms with Gasteiger partial charge in [0.25, 0.3) is 0 Å². The summed E-state index contributed by atoms with van der Waals surface area (Å²) in [6, 6.07) is 81.4. The van der Waals surface area contributed by atoms with Crippen LogP contribution in [0.2, 0.25) is 0 Å². The molecule has 0 amide bonds. The molecule has 0 heterocycles. The first kappa shape index (κ1) is 32.4. The number of benzene rings is 10. The molecule has 0 aliphatic heterocycles. The van der Waals surface area contributed by atoms with Crippen LogP contribution in [0.25, 0.3) is 76.8 Å². The third-order valence-electron chi connectivity index (χ3n) is 10.8. The average molecular weight is 700 g/mol. The van der Waals surface area contributed by atoms with E-state index in [2.05, 4.69) is 229 Å². The summed E-state index contributed by atoms with van der Waals surface area (Å²) in [6.07, 6.45) is 0. The number of hydrogen-bond donors (Lipinski definition) is 0. The van der Waals surface area contributed by atoms with Crippen LogP contribution in [0.1, 0.15) is 0 Å². The summed E-state index contributed by atoms with van der Waals surface area (Å²) in [5.41, 5.74) is 13.0. The standard InChI is InChI=1S/C54H37N/c1-3-14-40(15-4-1)50-34-28-44(36-53(50)41-16-5-2-6-17-41)39-23-29-46(30-24-39)55(48-33-25-38-13-7-8-18-43(38)35-48)47-31-26-42(27-32-47)54-37-45-19-9-10-20-49(45)51-21-11-12-22-52(51)54/h1-37H. The van der Waals surface area contributed by atoms with Gasteiger partial charge in [-0.05, 0) is 125 Å². The first-order valence-corrected chi connectivity index (χ1v) is 18.9. The van der Waals surface area contributed by atoms with Crippen molar-refractivity contribution in [3.63, 3.8) is 0 Å². The van der Waals surface area contributed by atoms with E-state index >= 15 is 0 Å². The third kappa shape index (κ3) is 6.12. The molecular formula is C54H37N. The largest absolute Gasteiger partial charge is 0.310 e. The van der Waals surface area contributed by atoms with Crippen LogP contribution in [0.3, 0.4) is 0 Å². The zero-order chi connectivity index (χ0) is 36.6. The first-order chi connectivity index (χ1) is 27.3. The minimum atomic E-state index is 1.10. The van der Waals surface area contributed by atoms with Crippen LogP contribution in [0, 0.1) is 0 Å². The zero-order valence-electron chi connectivity index (χ0n) is 30.3. The quantitative estimate of drug-likeness (QED) is 0.150. The predicted molar refractivity (Wildman–Crippen MR) is 235 cm³/mol. The predicted octanol–water partition coefficient (Wildman–Crippen LogP) is 15.3. The van der Waals surface area contributed by atoms with E-state index in [4.69, 9.17) is 0 Å². The molecule has 55 heavy (non-hydrogen) atoms. The molecule has 0 saturated carbocycles. The molecule has 0 unspecified atom stereocenters. The van der Waals surface area contributed by atoms with Gasteiger partial charge in [0, 0.05) is 17.1 Å². The van der Waals surface area contributed by atoms with Crippen molar-refractivity contribution < 1.29 is 0 Å². The summed E-state index contributed by atoms with van der Waals surface area (Å²) in [5, 5.41) is 7.53. The lowest BCUT2D eigenvalue weighted by Gasteiger charge is -2.26. The van der Waals surface area contributed by atoms with Crippen LogP contribution in [0.5, 0.6) is 0 Å². The Labute approximate surface area is 322 Å². The van der Waals surface area contributed by atoms with Crippen molar-refractivity contribution in [2.75, 3.05) is 4.90 Å². The maximum atomic E-state index is 2.37. The number of rotatable bonds is 7. The van der Waals surface area contributed by atoms with Gasteiger partial charge >= 0.3 is 0 Å². The van der Waals surface area contributed by atoms with Crippen molar-refractivity contribution in [1.82, 2.24) is 0 Å². The number of fused-ring (bicyclic) bond motifs is 4. The Balaban J connectivity index is 1.06. The van der Waals surface area contributed by atoms with E-state index < -0.39 is 0 Å². The molecule has 0 aliphatic carbocycles.